The Hall–Kier alpha value is -3.06. The largest absolute Gasteiger partial charge is 0.398 e. The zero-order chi connectivity index (χ0) is 23.4. The van der Waals surface area contributed by atoms with Crippen molar-refractivity contribution in [1.29, 1.82) is 0 Å². The summed E-state index contributed by atoms with van der Waals surface area (Å²) in [5.74, 6) is -1.98. The number of benzene rings is 2. The van der Waals surface area contributed by atoms with Gasteiger partial charge in [0.15, 0.2) is 5.78 Å². The van der Waals surface area contributed by atoms with Crippen molar-refractivity contribution in [3.05, 3.63) is 53.7 Å². The molecule has 1 saturated carbocycles. The van der Waals surface area contributed by atoms with Gasteiger partial charge in [-0.25, -0.2) is 8.78 Å². The van der Waals surface area contributed by atoms with Crippen LogP contribution in [0, 0.1) is 17.6 Å². The fourth-order valence-electron chi connectivity index (χ4n) is 3.79. The summed E-state index contributed by atoms with van der Waals surface area (Å²) in [5, 5.41) is 0.557. The highest BCUT2D eigenvalue weighted by atomic mass is 19.1. The summed E-state index contributed by atoms with van der Waals surface area (Å²) in [5.41, 5.74) is 18.7. The summed E-state index contributed by atoms with van der Waals surface area (Å²) in [6.07, 6.45) is 8.12. The maximum Gasteiger partial charge on any atom is 0.169 e. The third-order valence-electron chi connectivity index (χ3n) is 5.76. The molecule has 5 nitrogen and oxygen atoms in total. The maximum absolute atomic E-state index is 13.7. The molecule has 1 heterocycles. The van der Waals surface area contributed by atoms with Crippen molar-refractivity contribution in [3.63, 3.8) is 0 Å². The first-order chi connectivity index (χ1) is 15.2. The lowest BCUT2D eigenvalue weighted by molar-refractivity contribution is 0.0940. The number of pyridine rings is 1. The van der Waals surface area contributed by atoms with E-state index in [9.17, 15) is 13.6 Å². The number of carbonyl (C=O) groups excluding carboxylic acids is 1. The molecule has 0 aliphatic heterocycles. The highest BCUT2D eigenvalue weighted by Gasteiger charge is 2.17. The summed E-state index contributed by atoms with van der Waals surface area (Å²) in [6, 6.07) is 7.89. The average molecular weight is 441 g/mol. The summed E-state index contributed by atoms with van der Waals surface area (Å²) in [4.78, 5) is 16.5. The zero-order valence-corrected chi connectivity index (χ0v) is 18.5. The lowest BCUT2D eigenvalue weighted by Crippen LogP contribution is -2.22. The second-order valence-electron chi connectivity index (χ2n) is 8.59. The number of anilines is 2. The number of fused-ring (bicyclic) bond motifs is 1. The van der Waals surface area contributed by atoms with Gasteiger partial charge in [-0.1, -0.05) is 39.2 Å². The molecule has 32 heavy (non-hydrogen) atoms. The van der Waals surface area contributed by atoms with E-state index in [0.29, 0.717) is 39.3 Å². The quantitative estimate of drug-likeness (QED) is 0.370. The van der Waals surface area contributed by atoms with Crippen LogP contribution in [0.5, 0.6) is 0 Å². The van der Waals surface area contributed by atoms with Crippen LogP contribution in [0.2, 0.25) is 0 Å². The van der Waals surface area contributed by atoms with Crippen LogP contribution in [0.4, 0.5) is 20.2 Å². The van der Waals surface area contributed by atoms with Gasteiger partial charge in [-0.3, -0.25) is 9.78 Å². The molecule has 170 valence electrons. The van der Waals surface area contributed by atoms with Gasteiger partial charge in [0.25, 0.3) is 0 Å². The van der Waals surface area contributed by atoms with E-state index in [2.05, 4.69) is 4.98 Å². The van der Waals surface area contributed by atoms with Crippen LogP contribution in [0.3, 0.4) is 0 Å². The van der Waals surface area contributed by atoms with Gasteiger partial charge in [0.2, 0.25) is 0 Å². The first kappa shape index (κ1) is 23.6. The highest BCUT2D eigenvalue weighted by molar-refractivity contribution is 6.08. The molecule has 0 atom stereocenters. The number of Topliss-reactive ketones (excluding diaryl/α,β-unsaturated/α-hetero) is 1. The Kier molecular flexibility index (Phi) is 7.40. The SMILES string of the molecule is CC(C)C(=O)c1cnc2ccc(-c3cc(F)c(N)c(F)c3)cc2c1N.NC1CCCCC1. The van der Waals surface area contributed by atoms with E-state index in [0.717, 1.165) is 12.1 Å². The van der Waals surface area contributed by atoms with Gasteiger partial charge in [-0.15, -0.1) is 0 Å². The fourth-order valence-corrected chi connectivity index (χ4v) is 3.79. The molecule has 0 radical (unpaired) electrons. The predicted molar refractivity (Wildman–Crippen MR) is 126 cm³/mol. The minimum Gasteiger partial charge on any atom is -0.398 e. The summed E-state index contributed by atoms with van der Waals surface area (Å²) >= 11 is 0. The molecule has 0 unspecified atom stereocenters. The molecular formula is C25H30F2N4O. The number of aromatic nitrogens is 1. The van der Waals surface area contributed by atoms with Gasteiger partial charge in [0, 0.05) is 23.5 Å². The zero-order valence-electron chi connectivity index (χ0n) is 18.5. The van der Waals surface area contributed by atoms with Crippen LogP contribution in [-0.4, -0.2) is 16.8 Å². The first-order valence-corrected chi connectivity index (χ1v) is 10.9. The normalized spacial score (nSPS) is 14.3. The summed E-state index contributed by atoms with van der Waals surface area (Å²) in [7, 11) is 0. The van der Waals surface area contributed by atoms with E-state index >= 15 is 0 Å². The molecule has 7 heteroatoms. The third kappa shape index (κ3) is 5.22. The van der Waals surface area contributed by atoms with E-state index in [1.165, 1.54) is 38.3 Å². The first-order valence-electron chi connectivity index (χ1n) is 10.9. The average Bonchev–Trinajstić information content (AvgIpc) is 2.77. The number of hydrogen-bond donors (Lipinski definition) is 3. The molecule has 1 fully saturated rings. The van der Waals surface area contributed by atoms with Gasteiger partial charge in [0.05, 0.1) is 16.8 Å². The van der Waals surface area contributed by atoms with Crippen molar-refractivity contribution in [2.24, 2.45) is 11.7 Å². The van der Waals surface area contributed by atoms with E-state index in [1.54, 1.807) is 32.0 Å². The number of halogens is 2. The number of nitrogen functional groups attached to an aromatic ring is 2. The van der Waals surface area contributed by atoms with E-state index in [1.807, 2.05) is 0 Å². The molecule has 3 aromatic rings. The lowest BCUT2D eigenvalue weighted by Gasteiger charge is -2.15. The van der Waals surface area contributed by atoms with E-state index < -0.39 is 17.3 Å². The number of nitrogens with zero attached hydrogens (tertiary/aromatic N) is 1. The van der Waals surface area contributed by atoms with Gasteiger partial charge in [-0.05, 0) is 48.2 Å². The molecule has 0 spiro atoms. The van der Waals surface area contributed by atoms with Gasteiger partial charge < -0.3 is 17.2 Å². The number of nitrogens with two attached hydrogens (primary N) is 3. The molecule has 0 amide bonds. The molecule has 0 bridgehead atoms. The second-order valence-corrected chi connectivity index (χ2v) is 8.59. The molecule has 2 aromatic carbocycles. The van der Waals surface area contributed by atoms with Gasteiger partial charge >= 0.3 is 0 Å². The van der Waals surface area contributed by atoms with Crippen LogP contribution in [0.15, 0.2) is 36.5 Å². The predicted octanol–water partition coefficient (Wildman–Crippen LogP) is 5.46. The van der Waals surface area contributed by atoms with E-state index in [-0.39, 0.29) is 11.7 Å². The topological polar surface area (TPSA) is 108 Å². The van der Waals surface area contributed by atoms with Gasteiger partial charge in [-0.2, -0.15) is 0 Å². The van der Waals surface area contributed by atoms with Crippen molar-refractivity contribution in [2.45, 2.75) is 52.0 Å². The molecule has 6 N–H and O–H groups in total. The summed E-state index contributed by atoms with van der Waals surface area (Å²) in [6.45, 7) is 3.56. The Bertz CT molecular complexity index is 1100. The Morgan fingerprint density at radius 3 is 2.12 bits per heavy atom. The number of hydrogen-bond acceptors (Lipinski definition) is 5. The third-order valence-corrected chi connectivity index (χ3v) is 5.76. The van der Waals surface area contributed by atoms with Crippen molar-refractivity contribution in [3.8, 4) is 11.1 Å². The molecular weight excluding hydrogens is 410 g/mol. The minimum absolute atomic E-state index is 0.109. The Morgan fingerprint density at radius 2 is 1.59 bits per heavy atom. The summed E-state index contributed by atoms with van der Waals surface area (Å²) < 4.78 is 27.5. The fraction of sp³-hybridized carbons (Fsp3) is 0.360. The molecule has 1 aliphatic carbocycles. The lowest BCUT2D eigenvalue weighted by atomic mass is 9.97. The van der Waals surface area contributed by atoms with E-state index in [4.69, 9.17) is 17.2 Å². The minimum atomic E-state index is -0.829. The van der Waals surface area contributed by atoms with Crippen LogP contribution in [0.25, 0.3) is 22.0 Å². The van der Waals surface area contributed by atoms with Crippen LogP contribution < -0.4 is 17.2 Å². The molecule has 4 rings (SSSR count). The smallest absolute Gasteiger partial charge is 0.169 e. The van der Waals surface area contributed by atoms with Crippen LogP contribution in [-0.2, 0) is 0 Å². The van der Waals surface area contributed by atoms with Crippen LogP contribution >= 0.6 is 0 Å². The van der Waals surface area contributed by atoms with Gasteiger partial charge in [0.1, 0.15) is 17.3 Å². The maximum atomic E-state index is 13.7. The number of ketones is 1. The van der Waals surface area contributed by atoms with Crippen molar-refractivity contribution < 1.29 is 13.6 Å². The Morgan fingerprint density at radius 1 is 0.969 bits per heavy atom. The standard InChI is InChI=1S/C19H17F2N3O.C6H13N/c1-9(2)19(25)13-8-24-16-4-3-10(5-12(16)17(13)22)11-6-14(20)18(23)15(21)7-11;7-6-4-2-1-3-5-6/h3-9H,23H2,1-2H3,(H2,22,24);6H,1-5,7H2. The van der Waals surface area contributed by atoms with Crippen molar-refractivity contribution in [2.75, 3.05) is 11.5 Å². The molecule has 0 saturated heterocycles. The number of rotatable bonds is 3. The van der Waals surface area contributed by atoms with Crippen LogP contribution in [0.1, 0.15) is 56.3 Å². The van der Waals surface area contributed by atoms with Crippen molar-refractivity contribution in [1.82, 2.24) is 4.98 Å². The second kappa shape index (κ2) is 10.0. The Labute approximate surface area is 187 Å². The monoisotopic (exact) mass is 440 g/mol. The molecule has 1 aliphatic rings. The molecule has 1 aromatic heterocycles. The van der Waals surface area contributed by atoms with Crippen molar-refractivity contribution >= 4 is 28.1 Å². The Balaban J connectivity index is 0.000000352. The number of carbonyl (C=O) groups is 1. The highest BCUT2D eigenvalue weighted by Crippen LogP contribution is 2.31.